The maximum absolute atomic E-state index is 2.45. The standard InChI is InChI=1S/C19H37N2/c1-4-7-8-9-10-11-12-13-14-15-16-21-18-17-20(6-3)19(21)5-2/h17-18H,4-16H2,1-3H3/q+1. The fourth-order valence-corrected chi connectivity index (χ4v) is 3.17. The molecular weight excluding hydrogens is 256 g/mol. The lowest BCUT2D eigenvalue weighted by Gasteiger charge is -2.03. The van der Waals surface area contributed by atoms with E-state index in [0.717, 1.165) is 13.0 Å². The highest BCUT2D eigenvalue weighted by molar-refractivity contribution is 4.82. The summed E-state index contributed by atoms with van der Waals surface area (Å²) in [6.07, 6.45) is 19.8. The molecule has 1 aromatic heterocycles. The van der Waals surface area contributed by atoms with Gasteiger partial charge in [0.2, 0.25) is 0 Å². The first kappa shape index (κ1) is 18.3. The van der Waals surface area contributed by atoms with Gasteiger partial charge in [0.05, 0.1) is 13.1 Å². The number of hydrogen-bond donors (Lipinski definition) is 0. The molecule has 0 aliphatic rings. The summed E-state index contributed by atoms with van der Waals surface area (Å²) in [5.41, 5.74) is 0. The van der Waals surface area contributed by atoms with Crippen LogP contribution in [-0.4, -0.2) is 4.57 Å². The molecule has 0 saturated carbocycles. The lowest BCUT2D eigenvalue weighted by atomic mass is 10.1. The number of imidazole rings is 1. The highest BCUT2D eigenvalue weighted by Gasteiger charge is 2.12. The van der Waals surface area contributed by atoms with Gasteiger partial charge in [0.1, 0.15) is 12.4 Å². The number of rotatable bonds is 13. The number of hydrogen-bond acceptors (Lipinski definition) is 0. The van der Waals surface area contributed by atoms with Crippen molar-refractivity contribution in [2.24, 2.45) is 0 Å². The van der Waals surface area contributed by atoms with Crippen LogP contribution in [0.3, 0.4) is 0 Å². The van der Waals surface area contributed by atoms with Gasteiger partial charge in [-0.15, -0.1) is 0 Å². The van der Waals surface area contributed by atoms with Crippen molar-refractivity contribution in [3.8, 4) is 0 Å². The molecule has 0 aliphatic heterocycles. The molecular formula is C19H37N2+. The van der Waals surface area contributed by atoms with Crippen LogP contribution in [0.2, 0.25) is 0 Å². The molecule has 0 fully saturated rings. The fraction of sp³-hybridized carbons (Fsp3) is 0.842. The predicted molar refractivity (Wildman–Crippen MR) is 91.5 cm³/mol. The Balaban J connectivity index is 2.03. The molecule has 2 heteroatoms. The van der Waals surface area contributed by atoms with Gasteiger partial charge >= 0.3 is 0 Å². The van der Waals surface area contributed by atoms with E-state index in [2.05, 4.69) is 42.3 Å². The predicted octanol–water partition coefficient (Wildman–Crippen LogP) is 5.28. The SMILES string of the molecule is CCCCCCCCCCCC[n+]1ccn(CC)c1CC. The van der Waals surface area contributed by atoms with Crippen LogP contribution >= 0.6 is 0 Å². The monoisotopic (exact) mass is 293 g/mol. The molecule has 1 heterocycles. The summed E-state index contributed by atoms with van der Waals surface area (Å²) in [6.45, 7) is 9.07. The summed E-state index contributed by atoms with van der Waals surface area (Å²) in [6, 6.07) is 0. The van der Waals surface area contributed by atoms with Crippen molar-refractivity contribution >= 4 is 0 Å². The van der Waals surface area contributed by atoms with Crippen molar-refractivity contribution in [2.75, 3.05) is 0 Å². The lowest BCUT2D eigenvalue weighted by Crippen LogP contribution is -2.37. The van der Waals surface area contributed by atoms with Gasteiger partial charge in [-0.3, -0.25) is 0 Å². The third-order valence-electron chi connectivity index (χ3n) is 4.50. The first-order chi connectivity index (χ1) is 10.3. The summed E-state index contributed by atoms with van der Waals surface area (Å²) in [5.74, 6) is 1.48. The molecule has 1 aromatic rings. The second-order valence-corrected chi connectivity index (χ2v) is 6.23. The highest BCUT2D eigenvalue weighted by Crippen LogP contribution is 2.10. The molecule has 0 radical (unpaired) electrons. The van der Waals surface area contributed by atoms with Crippen molar-refractivity contribution in [3.63, 3.8) is 0 Å². The summed E-state index contributed by atoms with van der Waals surface area (Å²) in [7, 11) is 0. The van der Waals surface area contributed by atoms with Crippen molar-refractivity contribution in [2.45, 2.75) is 104 Å². The molecule has 0 bridgehead atoms. The van der Waals surface area contributed by atoms with Gasteiger partial charge in [0.15, 0.2) is 0 Å². The molecule has 0 saturated heterocycles. The normalized spacial score (nSPS) is 11.2. The maximum Gasteiger partial charge on any atom is 0.256 e. The lowest BCUT2D eigenvalue weighted by molar-refractivity contribution is -0.704. The topological polar surface area (TPSA) is 8.81 Å². The minimum Gasteiger partial charge on any atom is -0.235 e. The second kappa shape index (κ2) is 11.8. The Bertz CT molecular complexity index is 354. The van der Waals surface area contributed by atoms with E-state index in [0.29, 0.717) is 0 Å². The van der Waals surface area contributed by atoms with Gasteiger partial charge in [-0.2, -0.15) is 0 Å². The van der Waals surface area contributed by atoms with Crippen LogP contribution in [-0.2, 0) is 19.5 Å². The Morgan fingerprint density at radius 3 is 1.90 bits per heavy atom. The summed E-state index contributed by atoms with van der Waals surface area (Å²) in [4.78, 5) is 0. The van der Waals surface area contributed by atoms with Crippen LogP contribution in [0, 0.1) is 0 Å². The van der Waals surface area contributed by atoms with E-state index < -0.39 is 0 Å². The largest absolute Gasteiger partial charge is 0.256 e. The maximum atomic E-state index is 2.45. The van der Waals surface area contributed by atoms with Crippen LogP contribution in [0.25, 0.3) is 0 Å². The Morgan fingerprint density at radius 1 is 0.810 bits per heavy atom. The van der Waals surface area contributed by atoms with Gasteiger partial charge < -0.3 is 0 Å². The molecule has 0 amide bonds. The molecule has 0 unspecified atom stereocenters. The van der Waals surface area contributed by atoms with Gasteiger partial charge in [-0.1, -0.05) is 65.2 Å². The zero-order valence-electron chi connectivity index (χ0n) is 14.7. The molecule has 0 atom stereocenters. The van der Waals surface area contributed by atoms with Crippen molar-refractivity contribution in [3.05, 3.63) is 18.2 Å². The zero-order valence-corrected chi connectivity index (χ0v) is 14.7. The van der Waals surface area contributed by atoms with Gasteiger partial charge in [-0.25, -0.2) is 9.13 Å². The number of aromatic nitrogens is 2. The average Bonchev–Trinajstić information content (AvgIpc) is 2.91. The van der Waals surface area contributed by atoms with Crippen molar-refractivity contribution < 1.29 is 4.57 Å². The Kier molecular flexibility index (Phi) is 10.3. The molecule has 122 valence electrons. The average molecular weight is 294 g/mol. The molecule has 0 N–H and O–H groups in total. The van der Waals surface area contributed by atoms with Crippen molar-refractivity contribution in [1.29, 1.82) is 0 Å². The number of nitrogens with zero attached hydrogens (tertiary/aromatic N) is 2. The van der Waals surface area contributed by atoms with Crippen LogP contribution in [0.1, 0.15) is 90.8 Å². The van der Waals surface area contributed by atoms with E-state index in [9.17, 15) is 0 Å². The zero-order chi connectivity index (χ0) is 15.3. The smallest absolute Gasteiger partial charge is 0.235 e. The van der Waals surface area contributed by atoms with Crippen LogP contribution in [0.15, 0.2) is 12.4 Å². The second-order valence-electron chi connectivity index (χ2n) is 6.23. The van der Waals surface area contributed by atoms with Crippen LogP contribution < -0.4 is 4.57 Å². The van der Waals surface area contributed by atoms with E-state index in [-0.39, 0.29) is 0 Å². The van der Waals surface area contributed by atoms with E-state index >= 15 is 0 Å². The quantitative estimate of drug-likeness (QED) is 0.346. The molecule has 0 aliphatic carbocycles. The van der Waals surface area contributed by atoms with Crippen molar-refractivity contribution in [1.82, 2.24) is 4.57 Å². The molecule has 1 rings (SSSR count). The highest BCUT2D eigenvalue weighted by atomic mass is 15.1. The third kappa shape index (κ3) is 7.15. The first-order valence-corrected chi connectivity index (χ1v) is 9.40. The summed E-state index contributed by atoms with van der Waals surface area (Å²) >= 11 is 0. The molecule has 2 nitrogen and oxygen atoms in total. The Morgan fingerprint density at radius 2 is 1.38 bits per heavy atom. The third-order valence-corrected chi connectivity index (χ3v) is 4.50. The van der Waals surface area contributed by atoms with E-state index in [1.54, 1.807) is 0 Å². The van der Waals surface area contributed by atoms with Gasteiger partial charge in [-0.05, 0) is 19.8 Å². The molecule has 21 heavy (non-hydrogen) atoms. The van der Waals surface area contributed by atoms with E-state index in [1.165, 1.54) is 76.6 Å². The van der Waals surface area contributed by atoms with Crippen LogP contribution in [0.5, 0.6) is 0 Å². The fourth-order valence-electron chi connectivity index (χ4n) is 3.17. The Labute approximate surface area is 132 Å². The van der Waals surface area contributed by atoms with Gasteiger partial charge in [0.25, 0.3) is 5.82 Å². The Hall–Kier alpha value is -0.790. The summed E-state index contributed by atoms with van der Waals surface area (Å²) < 4.78 is 4.82. The molecule has 0 aromatic carbocycles. The minimum atomic E-state index is 1.09. The van der Waals surface area contributed by atoms with E-state index in [1.807, 2.05) is 0 Å². The number of unbranched alkanes of at least 4 members (excludes halogenated alkanes) is 9. The first-order valence-electron chi connectivity index (χ1n) is 9.40. The number of aryl methyl sites for hydroxylation is 2. The molecule has 0 spiro atoms. The minimum absolute atomic E-state index is 1.09. The van der Waals surface area contributed by atoms with E-state index in [4.69, 9.17) is 0 Å². The van der Waals surface area contributed by atoms with Crippen LogP contribution in [0.4, 0.5) is 0 Å². The summed E-state index contributed by atoms with van der Waals surface area (Å²) in [5, 5.41) is 0. The van der Waals surface area contributed by atoms with Gasteiger partial charge in [0, 0.05) is 6.42 Å².